The van der Waals surface area contributed by atoms with Crippen LogP contribution in [0.5, 0.6) is 0 Å². The molecule has 0 fully saturated rings. The molecular weight excluding hydrogens is 448 g/mol. The molecule has 0 unspecified atom stereocenters. The molecule has 1 aliphatic carbocycles. The number of halogens is 2. The zero-order valence-corrected chi connectivity index (χ0v) is 20.9. The number of allylic oxidation sites excluding steroid dienone is 4. The van der Waals surface area contributed by atoms with Crippen molar-refractivity contribution in [2.24, 2.45) is 17.8 Å². The fourth-order valence-corrected chi connectivity index (χ4v) is 18.2. The summed E-state index contributed by atoms with van der Waals surface area (Å²) in [6.45, 7) is 15.6. The Hall–Kier alpha value is 0.646. The predicted octanol–water partition coefficient (Wildman–Crippen LogP) is 3.53. The molecule has 0 atom stereocenters. The van der Waals surface area contributed by atoms with E-state index in [4.69, 9.17) is 0 Å². The summed E-state index contributed by atoms with van der Waals surface area (Å²) in [6.07, 6.45) is 4.32. The third kappa shape index (κ3) is 7.10. The molecule has 140 valence electrons. The Morgan fingerprint density at radius 3 is 1.67 bits per heavy atom. The summed E-state index contributed by atoms with van der Waals surface area (Å²) < 4.78 is 40.2. The maximum atomic E-state index is 13.7. The Bertz CT molecular complexity index is 420. The van der Waals surface area contributed by atoms with Gasteiger partial charge in [-0.15, -0.1) is 0 Å². The Morgan fingerprint density at radius 1 is 0.917 bits per heavy atom. The first-order valence-corrected chi connectivity index (χ1v) is 17.1. The first kappa shape index (κ1) is 22.7. The average Bonchev–Trinajstić information content (AvgIpc) is 2.96. The topological polar surface area (TPSA) is 36.1 Å². The van der Waals surface area contributed by atoms with E-state index in [0.717, 1.165) is 22.9 Å². The molecule has 1 rings (SSSR count). The molecule has 0 aromatic rings. The van der Waals surface area contributed by atoms with Gasteiger partial charge >= 0.3 is 158 Å². The van der Waals surface area contributed by atoms with Crippen LogP contribution in [0.4, 0.5) is 7.00 Å². The zero-order valence-electron chi connectivity index (χ0n) is 16.0. The molecule has 0 spiro atoms. The van der Waals surface area contributed by atoms with E-state index in [-0.39, 0.29) is 0 Å². The van der Waals surface area contributed by atoms with Crippen molar-refractivity contribution in [3.05, 3.63) is 19.8 Å². The van der Waals surface area contributed by atoms with E-state index in [1.54, 1.807) is 6.08 Å². The summed E-state index contributed by atoms with van der Waals surface area (Å²) in [6, 6.07) is 0. The molecule has 0 radical (unpaired) electrons. The monoisotopic (exact) mass is 483 g/mol. The van der Waals surface area contributed by atoms with Crippen molar-refractivity contribution in [1.82, 2.24) is 9.78 Å². The van der Waals surface area contributed by atoms with Crippen LogP contribution in [0.3, 0.4) is 0 Å². The number of rotatable bonds is 11. The number of nitrogens with one attached hydrogen (secondary N) is 3. The quantitative estimate of drug-likeness (QED) is 0.394. The van der Waals surface area contributed by atoms with E-state index in [9.17, 15) is 7.00 Å². The summed E-state index contributed by atoms with van der Waals surface area (Å²) in [5, 5.41) is 0. The molecule has 3 nitrogen and oxygen atoms in total. The van der Waals surface area contributed by atoms with Gasteiger partial charge in [0.05, 0.1) is 0 Å². The van der Waals surface area contributed by atoms with Gasteiger partial charge in [0.15, 0.2) is 0 Å². The molecule has 24 heavy (non-hydrogen) atoms. The van der Waals surface area contributed by atoms with Gasteiger partial charge < -0.3 is 0 Å². The molecule has 0 saturated carbocycles. The molecule has 7 heteroatoms. The van der Waals surface area contributed by atoms with Crippen molar-refractivity contribution in [2.45, 2.75) is 48.0 Å². The minimum absolute atomic E-state index is 0.419. The summed E-state index contributed by atoms with van der Waals surface area (Å²) in [7, 11) is 0. The van der Waals surface area contributed by atoms with Gasteiger partial charge in [0.2, 0.25) is 0 Å². The van der Waals surface area contributed by atoms with Crippen LogP contribution in [0.25, 0.3) is 0 Å². The normalized spacial score (nSPS) is 15.8. The molecule has 0 bridgehead atoms. The van der Waals surface area contributed by atoms with Crippen LogP contribution in [-0.4, -0.2) is 34.9 Å². The Balaban J connectivity index is 3.18. The van der Waals surface area contributed by atoms with Crippen molar-refractivity contribution in [3.8, 4) is 0 Å². The summed E-state index contributed by atoms with van der Waals surface area (Å²) in [4.78, 5) is 0. The van der Waals surface area contributed by atoms with E-state index in [1.807, 2.05) is 6.08 Å². The first-order valence-electron chi connectivity index (χ1n) is 9.11. The Kier molecular flexibility index (Phi) is 10.1. The molecule has 0 aromatic carbocycles. The van der Waals surface area contributed by atoms with Crippen LogP contribution >= 0.6 is 0 Å². The SMILES string of the molecule is CC(C)C[NH][Zr]([NH]CC(C)C)([NH]CC(C)C)[C]1=[C]([GeH]([F])[F])C=CC1. The second kappa shape index (κ2) is 10.7. The van der Waals surface area contributed by atoms with E-state index < -0.39 is 36.4 Å². The molecule has 0 aliphatic heterocycles. The molecule has 0 amide bonds. The third-order valence-electron chi connectivity index (χ3n) is 3.98. The number of hydrogen-bond acceptors (Lipinski definition) is 3. The molecule has 3 N–H and O–H groups in total. The van der Waals surface area contributed by atoms with Gasteiger partial charge in [0.25, 0.3) is 0 Å². The Morgan fingerprint density at radius 2 is 1.33 bits per heavy atom. The van der Waals surface area contributed by atoms with Crippen LogP contribution in [-0.2, 0) is 21.1 Å². The van der Waals surface area contributed by atoms with Crippen molar-refractivity contribution in [3.63, 3.8) is 0 Å². The van der Waals surface area contributed by atoms with Gasteiger partial charge in [0.1, 0.15) is 0 Å². The fraction of sp³-hybridized carbons (Fsp3) is 0.765. The van der Waals surface area contributed by atoms with Crippen LogP contribution < -0.4 is 9.78 Å². The van der Waals surface area contributed by atoms with Crippen LogP contribution in [0, 0.1) is 17.8 Å². The molecule has 0 heterocycles. The second-order valence-electron chi connectivity index (χ2n) is 7.92. The maximum absolute atomic E-state index is 13.7. The van der Waals surface area contributed by atoms with Gasteiger partial charge in [0, 0.05) is 0 Å². The van der Waals surface area contributed by atoms with Crippen molar-refractivity contribution >= 4 is 15.3 Å². The fourth-order valence-electron chi connectivity index (χ4n) is 2.68. The zero-order chi connectivity index (χ0) is 18.3. The van der Waals surface area contributed by atoms with Gasteiger partial charge in [-0.1, -0.05) is 0 Å². The second-order valence-corrected chi connectivity index (χ2v) is 18.3. The van der Waals surface area contributed by atoms with Crippen molar-refractivity contribution in [1.29, 1.82) is 0 Å². The van der Waals surface area contributed by atoms with Crippen molar-refractivity contribution < 1.29 is 28.1 Å². The third-order valence-corrected chi connectivity index (χ3v) is 16.4. The van der Waals surface area contributed by atoms with Gasteiger partial charge in [-0.05, 0) is 0 Å². The predicted molar refractivity (Wildman–Crippen MR) is 98.7 cm³/mol. The molecule has 0 saturated heterocycles. The van der Waals surface area contributed by atoms with E-state index in [2.05, 4.69) is 51.3 Å². The van der Waals surface area contributed by atoms with Gasteiger partial charge in [-0.25, -0.2) is 0 Å². The molecule has 1 aliphatic rings. The number of hydrogen-bond donors (Lipinski definition) is 3. The minimum atomic E-state index is -4.29. The van der Waals surface area contributed by atoms with Crippen LogP contribution in [0.1, 0.15) is 48.0 Å². The van der Waals surface area contributed by atoms with E-state index in [1.165, 1.54) is 0 Å². The van der Waals surface area contributed by atoms with Crippen molar-refractivity contribution in [2.75, 3.05) is 19.6 Å². The van der Waals surface area contributed by atoms with E-state index in [0.29, 0.717) is 28.6 Å². The van der Waals surface area contributed by atoms with Gasteiger partial charge in [-0.2, -0.15) is 0 Å². The van der Waals surface area contributed by atoms with Gasteiger partial charge in [-0.3, -0.25) is 0 Å². The summed E-state index contributed by atoms with van der Waals surface area (Å²) >= 11 is -7.76. The average molecular weight is 483 g/mol. The van der Waals surface area contributed by atoms with E-state index >= 15 is 0 Å². The molecular formula is C17H35F2GeN3Zr. The summed E-state index contributed by atoms with van der Waals surface area (Å²) in [5.74, 6) is 1.48. The summed E-state index contributed by atoms with van der Waals surface area (Å²) in [5.41, 5.74) is 0. The first-order chi connectivity index (χ1) is 11.2. The standard InChI is InChI=1S/C5H5F2Ge.3C4H10N.Zr/c6-8(7)5-3-1-2-4-5;3*1-4(2)3-5;/h1,3,8H,2H2;3*4-5H,3H2,1-2H3;/q;3*-1;+3. The molecule has 0 aromatic heterocycles. The van der Waals surface area contributed by atoms with Crippen LogP contribution in [0.2, 0.25) is 0 Å². The Labute approximate surface area is 157 Å². The van der Waals surface area contributed by atoms with Crippen LogP contribution in [0.15, 0.2) is 19.8 Å².